The zero-order valence-electron chi connectivity index (χ0n) is 12.8. The molecule has 2 nitrogen and oxygen atoms in total. The first-order valence-electron chi connectivity index (χ1n) is 7.30. The van der Waals surface area contributed by atoms with Crippen molar-refractivity contribution in [1.82, 2.24) is 10.3 Å². The third-order valence-corrected chi connectivity index (χ3v) is 4.98. The van der Waals surface area contributed by atoms with Crippen molar-refractivity contribution in [3.63, 3.8) is 0 Å². The van der Waals surface area contributed by atoms with E-state index in [1.807, 2.05) is 0 Å². The molecule has 0 aliphatic rings. The van der Waals surface area contributed by atoms with Crippen molar-refractivity contribution in [3.05, 3.63) is 51.5 Å². The highest BCUT2D eigenvalue weighted by Gasteiger charge is 2.13. The Kier molecular flexibility index (Phi) is 5.32. The van der Waals surface area contributed by atoms with Crippen molar-refractivity contribution < 1.29 is 0 Å². The molecule has 0 aliphatic heterocycles. The van der Waals surface area contributed by atoms with Gasteiger partial charge in [0.2, 0.25) is 0 Å². The van der Waals surface area contributed by atoms with E-state index in [-0.39, 0.29) is 0 Å². The van der Waals surface area contributed by atoms with Gasteiger partial charge in [-0.05, 0) is 45.2 Å². The zero-order valence-corrected chi connectivity index (χ0v) is 13.6. The fourth-order valence-corrected chi connectivity index (χ4v) is 3.46. The molecule has 2 unspecified atom stereocenters. The molecule has 108 valence electrons. The fourth-order valence-electron chi connectivity index (χ4n) is 2.51. The molecular weight excluding hydrogens is 264 g/mol. The third kappa shape index (κ3) is 3.90. The number of benzene rings is 1. The van der Waals surface area contributed by atoms with Crippen LogP contribution in [0.15, 0.2) is 30.3 Å². The van der Waals surface area contributed by atoms with Crippen molar-refractivity contribution in [1.29, 1.82) is 0 Å². The quantitative estimate of drug-likeness (QED) is 0.840. The van der Waals surface area contributed by atoms with Crippen molar-refractivity contribution in [2.45, 2.75) is 46.1 Å². The van der Waals surface area contributed by atoms with Crippen molar-refractivity contribution in [3.8, 4) is 0 Å². The Balaban J connectivity index is 1.82. The highest BCUT2D eigenvalue weighted by molar-refractivity contribution is 7.11. The van der Waals surface area contributed by atoms with Crippen LogP contribution >= 0.6 is 11.3 Å². The fraction of sp³-hybridized carbons (Fsp3) is 0.471. The molecule has 0 radical (unpaired) electrons. The van der Waals surface area contributed by atoms with Crippen LogP contribution in [0.25, 0.3) is 0 Å². The van der Waals surface area contributed by atoms with Gasteiger partial charge in [-0.3, -0.25) is 0 Å². The highest BCUT2D eigenvalue weighted by Crippen LogP contribution is 2.25. The number of aryl methyl sites for hydroxylation is 2. The number of aromatic nitrogens is 1. The van der Waals surface area contributed by atoms with Crippen molar-refractivity contribution >= 4 is 11.3 Å². The predicted molar refractivity (Wildman–Crippen MR) is 87.5 cm³/mol. The van der Waals surface area contributed by atoms with E-state index >= 15 is 0 Å². The Labute approximate surface area is 126 Å². The summed E-state index contributed by atoms with van der Waals surface area (Å²) in [5.74, 6) is 0.597. The van der Waals surface area contributed by atoms with E-state index in [1.165, 1.54) is 16.1 Å². The molecule has 0 saturated heterocycles. The van der Waals surface area contributed by atoms with Crippen molar-refractivity contribution in [2.75, 3.05) is 6.54 Å². The van der Waals surface area contributed by atoms with Gasteiger partial charge in [-0.25, -0.2) is 4.98 Å². The Hall–Kier alpha value is -1.19. The van der Waals surface area contributed by atoms with Crippen LogP contribution in [0.3, 0.4) is 0 Å². The lowest BCUT2D eigenvalue weighted by molar-refractivity contribution is 0.534. The molecule has 1 heterocycles. The highest BCUT2D eigenvalue weighted by atomic mass is 32.1. The van der Waals surface area contributed by atoms with Gasteiger partial charge in [-0.1, -0.05) is 37.3 Å². The summed E-state index contributed by atoms with van der Waals surface area (Å²) in [6.07, 6.45) is 1.16. The van der Waals surface area contributed by atoms with Crippen LogP contribution in [0.4, 0.5) is 0 Å². The van der Waals surface area contributed by atoms with E-state index in [9.17, 15) is 0 Å². The Morgan fingerprint density at radius 3 is 2.45 bits per heavy atom. The van der Waals surface area contributed by atoms with E-state index in [4.69, 9.17) is 0 Å². The van der Waals surface area contributed by atoms with E-state index in [1.54, 1.807) is 11.3 Å². The second-order valence-corrected chi connectivity index (χ2v) is 6.69. The van der Waals surface area contributed by atoms with Crippen LogP contribution in [0.5, 0.6) is 0 Å². The molecule has 1 N–H and O–H groups in total. The predicted octanol–water partition coefficient (Wildman–Crippen LogP) is 4.60. The molecular formula is C17H24N2S. The molecule has 2 atom stereocenters. The number of hydrogen-bond donors (Lipinski definition) is 1. The molecule has 2 aromatic rings. The second kappa shape index (κ2) is 7.00. The number of nitrogens with zero attached hydrogens (tertiary/aromatic N) is 1. The standard InChI is InChI=1S/C17H24N2S/c1-12(16-8-6-5-7-9-16)10-11-18-13(2)17-14(3)19-15(4)20-17/h5-9,12-13,18H,10-11H2,1-4H3. The number of thiazole rings is 1. The van der Waals surface area contributed by atoms with Crippen LogP contribution in [-0.4, -0.2) is 11.5 Å². The lowest BCUT2D eigenvalue weighted by atomic mass is 9.98. The average Bonchev–Trinajstić information content (AvgIpc) is 2.78. The molecule has 1 aromatic carbocycles. The summed E-state index contributed by atoms with van der Waals surface area (Å²) in [6.45, 7) is 9.74. The summed E-state index contributed by atoms with van der Waals surface area (Å²) in [5.41, 5.74) is 2.59. The summed E-state index contributed by atoms with van der Waals surface area (Å²) in [5, 5.41) is 4.78. The van der Waals surface area contributed by atoms with Crippen LogP contribution in [0.1, 0.15) is 53.4 Å². The third-order valence-electron chi connectivity index (χ3n) is 3.73. The summed E-state index contributed by atoms with van der Waals surface area (Å²) in [6, 6.07) is 11.1. The van der Waals surface area contributed by atoms with Gasteiger partial charge in [0.1, 0.15) is 0 Å². The minimum Gasteiger partial charge on any atom is -0.309 e. The maximum atomic E-state index is 4.50. The minimum absolute atomic E-state index is 0.393. The van der Waals surface area contributed by atoms with Crippen LogP contribution in [0, 0.1) is 13.8 Å². The van der Waals surface area contributed by atoms with Gasteiger partial charge in [-0.15, -0.1) is 11.3 Å². The maximum Gasteiger partial charge on any atom is 0.0900 e. The number of rotatable bonds is 6. The lowest BCUT2D eigenvalue weighted by Gasteiger charge is -2.16. The zero-order chi connectivity index (χ0) is 14.5. The molecule has 0 fully saturated rings. The normalized spacial score (nSPS) is 14.2. The maximum absolute atomic E-state index is 4.50. The monoisotopic (exact) mass is 288 g/mol. The summed E-state index contributed by atoms with van der Waals surface area (Å²) < 4.78 is 0. The Morgan fingerprint density at radius 2 is 1.85 bits per heavy atom. The summed E-state index contributed by atoms with van der Waals surface area (Å²) >= 11 is 1.80. The first kappa shape index (κ1) is 15.2. The SMILES string of the molecule is Cc1nc(C)c(C(C)NCCC(C)c2ccccc2)s1. The minimum atomic E-state index is 0.393. The molecule has 0 aliphatic carbocycles. The molecule has 20 heavy (non-hydrogen) atoms. The molecule has 0 bridgehead atoms. The van der Waals surface area contributed by atoms with E-state index in [2.05, 4.69) is 68.3 Å². The first-order valence-corrected chi connectivity index (χ1v) is 8.12. The molecule has 3 heteroatoms. The topological polar surface area (TPSA) is 24.9 Å². The first-order chi connectivity index (χ1) is 9.58. The van der Waals surface area contributed by atoms with E-state index in [0.29, 0.717) is 12.0 Å². The molecule has 0 saturated carbocycles. The van der Waals surface area contributed by atoms with Crippen molar-refractivity contribution in [2.24, 2.45) is 0 Å². The number of nitrogens with one attached hydrogen (secondary N) is 1. The lowest BCUT2D eigenvalue weighted by Crippen LogP contribution is -2.21. The molecule has 0 amide bonds. The van der Waals surface area contributed by atoms with Crippen LogP contribution in [0.2, 0.25) is 0 Å². The smallest absolute Gasteiger partial charge is 0.0900 e. The Morgan fingerprint density at radius 1 is 1.15 bits per heavy atom. The largest absolute Gasteiger partial charge is 0.309 e. The van der Waals surface area contributed by atoms with Gasteiger partial charge < -0.3 is 5.32 Å². The van der Waals surface area contributed by atoms with Gasteiger partial charge in [0.05, 0.1) is 10.7 Å². The summed E-state index contributed by atoms with van der Waals surface area (Å²) in [7, 11) is 0. The van der Waals surface area contributed by atoms with Gasteiger partial charge in [0, 0.05) is 10.9 Å². The van der Waals surface area contributed by atoms with Gasteiger partial charge >= 0.3 is 0 Å². The molecule has 2 rings (SSSR count). The second-order valence-electron chi connectivity index (χ2n) is 5.46. The van der Waals surface area contributed by atoms with E-state index in [0.717, 1.165) is 18.0 Å². The van der Waals surface area contributed by atoms with Gasteiger partial charge in [-0.2, -0.15) is 0 Å². The molecule has 1 aromatic heterocycles. The van der Waals surface area contributed by atoms with Crippen LogP contribution < -0.4 is 5.32 Å². The average molecular weight is 288 g/mol. The summed E-state index contributed by atoms with van der Waals surface area (Å²) in [4.78, 5) is 5.87. The number of hydrogen-bond acceptors (Lipinski definition) is 3. The van der Waals surface area contributed by atoms with Crippen LogP contribution in [-0.2, 0) is 0 Å². The van der Waals surface area contributed by atoms with E-state index < -0.39 is 0 Å². The van der Waals surface area contributed by atoms with Gasteiger partial charge in [0.15, 0.2) is 0 Å². The van der Waals surface area contributed by atoms with Gasteiger partial charge in [0.25, 0.3) is 0 Å². The molecule has 0 spiro atoms. The Bertz CT molecular complexity index is 533.